The quantitative estimate of drug-likeness (QED) is 0.360. The Labute approximate surface area is 185 Å². The largest absolute Gasteiger partial charge is 0.554 e. The van der Waals surface area contributed by atoms with E-state index in [9.17, 15) is 4.79 Å². The smallest absolute Gasteiger partial charge is 0.251 e. The lowest BCUT2D eigenvalue weighted by Gasteiger charge is -2.06. The average Bonchev–Trinajstić information content (AvgIpc) is 3.36. The van der Waals surface area contributed by atoms with E-state index in [2.05, 4.69) is 39.1 Å². The summed E-state index contributed by atoms with van der Waals surface area (Å²) >= 11 is 0. The molecule has 4 aromatic heterocycles. The summed E-state index contributed by atoms with van der Waals surface area (Å²) < 4.78 is 9.27. The number of rotatable bonds is 6. The lowest BCUT2D eigenvalue weighted by atomic mass is 10.1. The second-order valence-corrected chi connectivity index (χ2v) is 7.14. The zero-order valence-corrected chi connectivity index (χ0v) is 18.2. The highest BCUT2D eigenvalue weighted by Crippen LogP contribution is 2.27. The van der Waals surface area contributed by atoms with Crippen LogP contribution in [-0.2, 0) is 17.8 Å². The summed E-state index contributed by atoms with van der Waals surface area (Å²) in [6.07, 6.45) is 8.73. The minimum Gasteiger partial charge on any atom is -0.554 e. The van der Waals surface area contributed by atoms with Crippen molar-refractivity contribution in [3.63, 3.8) is 0 Å². The van der Waals surface area contributed by atoms with Crippen LogP contribution in [0.15, 0.2) is 53.6 Å². The van der Waals surface area contributed by atoms with E-state index in [0.717, 1.165) is 35.7 Å². The SMILES string of the molecule is CCc1cc[n+](CCNC(=O)c2ccn3c(-c4c(C)noc4C)cnc3c2)cc1.O=C[O-]. The van der Waals surface area contributed by atoms with E-state index in [1.54, 1.807) is 18.3 Å². The maximum atomic E-state index is 12.5. The van der Waals surface area contributed by atoms with Crippen LogP contribution in [0, 0.1) is 13.8 Å². The highest BCUT2D eigenvalue weighted by atomic mass is 16.5. The van der Waals surface area contributed by atoms with E-state index in [1.165, 1.54) is 5.56 Å². The number of hydrogen-bond acceptors (Lipinski definition) is 6. The molecule has 0 aliphatic carbocycles. The molecule has 4 aromatic rings. The van der Waals surface area contributed by atoms with E-state index >= 15 is 0 Å². The Bertz CT molecular complexity index is 1190. The van der Waals surface area contributed by atoms with E-state index in [-0.39, 0.29) is 5.91 Å². The number of carboxylic acid groups (broad SMARTS) is 1. The van der Waals surface area contributed by atoms with Crippen LogP contribution in [0.4, 0.5) is 0 Å². The molecule has 0 spiro atoms. The van der Waals surface area contributed by atoms with Gasteiger partial charge in [0.1, 0.15) is 11.4 Å². The molecule has 0 fully saturated rings. The first-order chi connectivity index (χ1) is 15.5. The van der Waals surface area contributed by atoms with Gasteiger partial charge in [-0.25, -0.2) is 9.55 Å². The topological polar surface area (TPSA) is 116 Å². The van der Waals surface area contributed by atoms with Crippen LogP contribution in [-0.4, -0.2) is 33.5 Å². The lowest BCUT2D eigenvalue weighted by Crippen LogP contribution is -2.40. The molecule has 0 saturated carbocycles. The average molecular weight is 435 g/mol. The number of carbonyl (C=O) groups is 2. The van der Waals surface area contributed by atoms with Gasteiger partial charge in [0.05, 0.1) is 29.7 Å². The molecule has 9 nitrogen and oxygen atoms in total. The molecular weight excluding hydrogens is 410 g/mol. The van der Waals surface area contributed by atoms with Gasteiger partial charge in [-0.1, -0.05) is 12.1 Å². The molecule has 0 radical (unpaired) electrons. The number of hydrogen-bond donors (Lipinski definition) is 1. The molecule has 4 rings (SSSR count). The van der Waals surface area contributed by atoms with Crippen molar-refractivity contribution in [2.75, 3.05) is 6.54 Å². The first-order valence-electron chi connectivity index (χ1n) is 10.2. The Hall–Kier alpha value is -4.01. The third-order valence-corrected chi connectivity index (χ3v) is 5.09. The van der Waals surface area contributed by atoms with E-state index in [4.69, 9.17) is 14.4 Å². The van der Waals surface area contributed by atoms with Crippen molar-refractivity contribution < 1.29 is 23.8 Å². The number of aryl methyl sites for hydroxylation is 3. The molecule has 32 heavy (non-hydrogen) atoms. The van der Waals surface area contributed by atoms with Crippen molar-refractivity contribution in [2.45, 2.75) is 33.7 Å². The Morgan fingerprint density at radius 1 is 1.28 bits per heavy atom. The summed E-state index contributed by atoms with van der Waals surface area (Å²) in [5, 5.41) is 15.2. The van der Waals surface area contributed by atoms with Crippen molar-refractivity contribution >= 4 is 18.0 Å². The number of imidazole rings is 1. The molecule has 0 aliphatic rings. The number of aromatic nitrogens is 4. The van der Waals surface area contributed by atoms with Gasteiger partial charge in [-0.2, -0.15) is 0 Å². The van der Waals surface area contributed by atoms with Crippen molar-refractivity contribution in [1.82, 2.24) is 19.9 Å². The van der Waals surface area contributed by atoms with Crippen molar-refractivity contribution in [1.29, 1.82) is 0 Å². The summed E-state index contributed by atoms with van der Waals surface area (Å²) in [5.74, 6) is 0.635. The summed E-state index contributed by atoms with van der Waals surface area (Å²) in [6.45, 7) is 6.69. The summed E-state index contributed by atoms with van der Waals surface area (Å²) in [5.41, 5.74) is 5.23. The van der Waals surface area contributed by atoms with Crippen molar-refractivity contribution in [3.05, 3.63) is 71.6 Å². The predicted octanol–water partition coefficient (Wildman–Crippen LogP) is 1.25. The lowest BCUT2D eigenvalue weighted by molar-refractivity contribution is -0.694. The van der Waals surface area contributed by atoms with Gasteiger partial charge >= 0.3 is 0 Å². The second kappa shape index (κ2) is 10.3. The highest BCUT2D eigenvalue weighted by molar-refractivity contribution is 5.95. The highest BCUT2D eigenvalue weighted by Gasteiger charge is 2.16. The maximum Gasteiger partial charge on any atom is 0.251 e. The van der Waals surface area contributed by atoms with Gasteiger partial charge in [-0.05, 0) is 38.0 Å². The van der Waals surface area contributed by atoms with Crippen molar-refractivity contribution in [3.8, 4) is 11.3 Å². The zero-order valence-electron chi connectivity index (χ0n) is 18.2. The van der Waals surface area contributed by atoms with Crippen LogP contribution in [0.1, 0.15) is 34.3 Å². The number of pyridine rings is 2. The van der Waals surface area contributed by atoms with Crippen LogP contribution in [0.2, 0.25) is 0 Å². The number of carbonyl (C=O) groups excluding carboxylic acids is 2. The Kier molecular flexibility index (Phi) is 7.33. The van der Waals surface area contributed by atoms with Crippen LogP contribution >= 0.6 is 0 Å². The van der Waals surface area contributed by atoms with Gasteiger partial charge in [-0.15, -0.1) is 0 Å². The Morgan fingerprint density at radius 3 is 2.62 bits per heavy atom. The van der Waals surface area contributed by atoms with Gasteiger partial charge in [0.2, 0.25) is 0 Å². The Morgan fingerprint density at radius 2 is 2.00 bits per heavy atom. The maximum absolute atomic E-state index is 12.5. The normalized spacial score (nSPS) is 10.5. The fourth-order valence-corrected chi connectivity index (χ4v) is 3.43. The fourth-order valence-electron chi connectivity index (χ4n) is 3.43. The van der Waals surface area contributed by atoms with Crippen LogP contribution in [0.3, 0.4) is 0 Å². The molecule has 0 atom stereocenters. The van der Waals surface area contributed by atoms with Gasteiger partial charge in [0.15, 0.2) is 18.9 Å². The molecule has 1 amide bonds. The number of fused-ring (bicyclic) bond motifs is 1. The van der Waals surface area contributed by atoms with Crippen LogP contribution < -0.4 is 15.0 Å². The first kappa shape index (κ1) is 22.7. The summed E-state index contributed by atoms with van der Waals surface area (Å²) in [6, 6.07) is 7.80. The first-order valence-corrected chi connectivity index (χ1v) is 10.2. The number of nitrogens with zero attached hydrogens (tertiary/aromatic N) is 4. The van der Waals surface area contributed by atoms with E-state index in [1.807, 2.05) is 36.8 Å². The van der Waals surface area contributed by atoms with Gasteiger partial charge in [0.25, 0.3) is 5.91 Å². The van der Waals surface area contributed by atoms with Crippen LogP contribution in [0.5, 0.6) is 0 Å². The molecular formula is C23H25N5O4. The third-order valence-electron chi connectivity index (χ3n) is 5.09. The van der Waals surface area contributed by atoms with Gasteiger partial charge in [0, 0.05) is 30.4 Å². The molecule has 1 N–H and O–H groups in total. The van der Waals surface area contributed by atoms with Gasteiger partial charge < -0.3 is 19.7 Å². The summed E-state index contributed by atoms with van der Waals surface area (Å²) in [4.78, 5) is 25.2. The molecule has 0 unspecified atom stereocenters. The molecule has 0 saturated heterocycles. The van der Waals surface area contributed by atoms with E-state index in [0.29, 0.717) is 17.8 Å². The standard InChI is InChI=1S/C22H23N5O2.CH2O2/c1-4-17-5-9-26(10-6-17)12-8-23-22(28)18-7-11-27-19(14-24-20(27)13-18)21-15(2)25-29-16(21)3;2-1-3/h5-7,9-11,13-14H,4,8,12H2,1-3H3;1H,(H,2,3). The molecule has 166 valence electrons. The predicted molar refractivity (Wildman–Crippen MR) is 115 cm³/mol. The van der Waals surface area contributed by atoms with Crippen LogP contribution in [0.25, 0.3) is 16.9 Å². The van der Waals surface area contributed by atoms with Gasteiger partial charge in [-0.3, -0.25) is 9.20 Å². The number of nitrogens with one attached hydrogen (secondary N) is 1. The molecule has 0 aromatic carbocycles. The number of amides is 1. The minimum absolute atomic E-state index is 0.111. The molecule has 0 bridgehead atoms. The molecule has 4 heterocycles. The Balaban J connectivity index is 0.000000913. The van der Waals surface area contributed by atoms with Crippen molar-refractivity contribution in [2.24, 2.45) is 0 Å². The third kappa shape index (κ3) is 5.00. The summed E-state index contributed by atoms with van der Waals surface area (Å²) in [7, 11) is 0. The second-order valence-electron chi connectivity index (χ2n) is 7.14. The fraction of sp³-hybridized carbons (Fsp3) is 0.261. The monoisotopic (exact) mass is 435 g/mol. The molecule has 0 aliphatic heterocycles. The molecule has 9 heteroatoms. The zero-order chi connectivity index (χ0) is 23.1. The minimum atomic E-state index is -0.500. The van der Waals surface area contributed by atoms with E-state index < -0.39 is 6.47 Å².